The minimum Gasteiger partial charge on any atom is -0.495 e. The molecule has 204 valence electrons. The van der Waals surface area contributed by atoms with Crippen molar-refractivity contribution in [3.05, 3.63) is 101 Å². The number of carbonyl (C=O) groups is 2. The van der Waals surface area contributed by atoms with E-state index < -0.39 is 6.04 Å². The predicted octanol–water partition coefficient (Wildman–Crippen LogP) is 5.09. The van der Waals surface area contributed by atoms with Crippen molar-refractivity contribution in [1.29, 1.82) is 0 Å². The van der Waals surface area contributed by atoms with Gasteiger partial charge in [-0.3, -0.25) is 9.59 Å². The van der Waals surface area contributed by atoms with Crippen LogP contribution in [0.5, 0.6) is 17.2 Å². The molecule has 2 heterocycles. The first-order valence-corrected chi connectivity index (χ1v) is 12.5. The maximum absolute atomic E-state index is 13.9. The van der Waals surface area contributed by atoms with Gasteiger partial charge < -0.3 is 30.2 Å². The fourth-order valence-electron chi connectivity index (χ4n) is 4.79. The number of methoxy groups -OCH3 is 3. The van der Waals surface area contributed by atoms with Crippen LogP contribution in [0.3, 0.4) is 0 Å². The molecule has 1 aromatic heterocycles. The molecule has 1 atom stereocenters. The highest BCUT2D eigenvalue weighted by Crippen LogP contribution is 2.44. The number of nitrogens with one attached hydrogen (secondary N) is 3. The van der Waals surface area contributed by atoms with Gasteiger partial charge in [0, 0.05) is 16.9 Å². The number of benzene rings is 3. The molecular formula is C30H29N5O5. The van der Waals surface area contributed by atoms with Crippen molar-refractivity contribution in [1.82, 2.24) is 9.78 Å². The zero-order valence-electron chi connectivity index (χ0n) is 22.5. The standard InChI is InChI=1S/C30H29N5O5/c1-18-25(30(37)34-22-14-8-9-15-23(22)38-2)26(20-13-10-16-24(39-3)27(20)40-4)35-28(32-18)21(17-31-35)29(36)33-19-11-6-5-7-12-19/h5-17,26,32H,1-4H3,(H,33,36)(H,34,37)/t26-/m0/s1. The lowest BCUT2D eigenvalue weighted by Crippen LogP contribution is -2.32. The predicted molar refractivity (Wildman–Crippen MR) is 152 cm³/mol. The number of ether oxygens (including phenoxy) is 3. The van der Waals surface area contributed by atoms with Crippen LogP contribution >= 0.6 is 0 Å². The zero-order chi connectivity index (χ0) is 28.2. The average molecular weight is 540 g/mol. The van der Waals surface area contributed by atoms with E-state index in [1.54, 1.807) is 56.2 Å². The highest BCUT2D eigenvalue weighted by atomic mass is 16.5. The second-order valence-electron chi connectivity index (χ2n) is 8.97. The summed E-state index contributed by atoms with van der Waals surface area (Å²) < 4.78 is 18.3. The van der Waals surface area contributed by atoms with Crippen LogP contribution in [0.1, 0.15) is 28.9 Å². The third kappa shape index (κ3) is 4.82. The van der Waals surface area contributed by atoms with Crippen molar-refractivity contribution < 1.29 is 23.8 Å². The van der Waals surface area contributed by atoms with Crippen LogP contribution in [-0.2, 0) is 4.79 Å². The minimum atomic E-state index is -0.755. The lowest BCUT2D eigenvalue weighted by molar-refractivity contribution is -0.113. The smallest absolute Gasteiger partial charge is 0.261 e. The van der Waals surface area contributed by atoms with E-state index >= 15 is 0 Å². The molecule has 40 heavy (non-hydrogen) atoms. The summed E-state index contributed by atoms with van der Waals surface area (Å²) in [6, 6.07) is 21.0. The Morgan fingerprint density at radius 1 is 0.825 bits per heavy atom. The van der Waals surface area contributed by atoms with Crippen LogP contribution in [0.25, 0.3) is 0 Å². The molecule has 0 bridgehead atoms. The quantitative estimate of drug-likeness (QED) is 0.286. The summed E-state index contributed by atoms with van der Waals surface area (Å²) in [7, 11) is 4.63. The number of fused-ring (bicyclic) bond motifs is 1. The average Bonchev–Trinajstić information content (AvgIpc) is 3.40. The number of amides is 2. The fourth-order valence-corrected chi connectivity index (χ4v) is 4.79. The first kappa shape index (κ1) is 26.4. The summed E-state index contributed by atoms with van der Waals surface area (Å²) in [6.45, 7) is 1.78. The summed E-state index contributed by atoms with van der Waals surface area (Å²) in [5, 5.41) is 13.7. The second-order valence-corrected chi connectivity index (χ2v) is 8.97. The molecule has 4 aromatic rings. The molecule has 3 aromatic carbocycles. The van der Waals surface area contributed by atoms with Crippen LogP contribution < -0.4 is 30.2 Å². The molecule has 0 saturated heterocycles. The molecule has 1 aliphatic heterocycles. The number of nitrogens with zero attached hydrogens (tertiary/aromatic N) is 2. The molecule has 0 saturated carbocycles. The number of para-hydroxylation sites is 4. The third-order valence-corrected chi connectivity index (χ3v) is 6.63. The van der Waals surface area contributed by atoms with E-state index in [0.717, 1.165) is 0 Å². The molecular weight excluding hydrogens is 510 g/mol. The van der Waals surface area contributed by atoms with Crippen molar-refractivity contribution in [3.63, 3.8) is 0 Å². The van der Waals surface area contributed by atoms with Crippen molar-refractivity contribution in [2.24, 2.45) is 0 Å². The summed E-state index contributed by atoms with van der Waals surface area (Å²) in [5.74, 6) is 1.19. The summed E-state index contributed by atoms with van der Waals surface area (Å²) in [6.07, 6.45) is 1.48. The highest BCUT2D eigenvalue weighted by Gasteiger charge is 2.37. The molecule has 0 radical (unpaired) electrons. The lowest BCUT2D eigenvalue weighted by Gasteiger charge is -2.31. The van der Waals surface area contributed by atoms with Crippen molar-refractivity contribution in [3.8, 4) is 17.2 Å². The minimum absolute atomic E-state index is 0.319. The number of hydrogen-bond donors (Lipinski definition) is 3. The Balaban J connectivity index is 1.62. The molecule has 0 aliphatic carbocycles. The molecule has 0 spiro atoms. The number of rotatable bonds is 8. The van der Waals surface area contributed by atoms with E-state index in [-0.39, 0.29) is 11.8 Å². The molecule has 3 N–H and O–H groups in total. The Kier molecular flexibility index (Phi) is 7.41. The van der Waals surface area contributed by atoms with Gasteiger partial charge in [-0.25, -0.2) is 4.68 Å². The maximum Gasteiger partial charge on any atom is 0.261 e. The second kappa shape index (κ2) is 11.2. The van der Waals surface area contributed by atoms with Gasteiger partial charge in [-0.1, -0.05) is 42.5 Å². The highest BCUT2D eigenvalue weighted by molar-refractivity contribution is 6.10. The van der Waals surface area contributed by atoms with Gasteiger partial charge >= 0.3 is 0 Å². The van der Waals surface area contributed by atoms with E-state index in [4.69, 9.17) is 14.2 Å². The molecule has 5 rings (SSSR count). The van der Waals surface area contributed by atoms with Crippen LogP contribution in [-0.4, -0.2) is 42.9 Å². The Labute approximate surface area is 231 Å². The Bertz CT molecular complexity index is 1600. The molecule has 10 heteroatoms. The number of anilines is 3. The van der Waals surface area contributed by atoms with Crippen molar-refractivity contribution in [2.45, 2.75) is 13.0 Å². The van der Waals surface area contributed by atoms with E-state index in [0.29, 0.717) is 56.8 Å². The van der Waals surface area contributed by atoms with Crippen molar-refractivity contribution >= 4 is 29.0 Å². The number of aromatic nitrogens is 2. The normalized spacial score (nSPS) is 14.1. The third-order valence-electron chi connectivity index (χ3n) is 6.63. The van der Waals surface area contributed by atoms with Crippen LogP contribution in [0.4, 0.5) is 17.2 Å². The van der Waals surface area contributed by atoms with Crippen molar-refractivity contribution in [2.75, 3.05) is 37.3 Å². The van der Waals surface area contributed by atoms with Gasteiger partial charge in [0.1, 0.15) is 23.2 Å². The van der Waals surface area contributed by atoms with Gasteiger partial charge in [-0.15, -0.1) is 0 Å². The van der Waals surface area contributed by atoms with E-state index in [1.165, 1.54) is 13.3 Å². The largest absolute Gasteiger partial charge is 0.495 e. The SMILES string of the molecule is COc1ccccc1NC(=O)C1=C(C)Nc2c(C(=O)Nc3ccccc3)cnn2[C@H]1c1cccc(OC)c1OC. The lowest BCUT2D eigenvalue weighted by atomic mass is 9.93. The van der Waals surface area contributed by atoms with Gasteiger partial charge in [0.25, 0.3) is 11.8 Å². The molecule has 0 unspecified atom stereocenters. The monoisotopic (exact) mass is 539 g/mol. The molecule has 2 amide bonds. The summed E-state index contributed by atoms with van der Waals surface area (Å²) in [5.41, 5.74) is 3.04. The first-order chi connectivity index (χ1) is 19.5. The molecule has 10 nitrogen and oxygen atoms in total. The maximum atomic E-state index is 13.9. The Morgan fingerprint density at radius 3 is 2.25 bits per heavy atom. The zero-order valence-corrected chi connectivity index (χ0v) is 22.5. The topological polar surface area (TPSA) is 116 Å². The van der Waals surface area contributed by atoms with E-state index in [9.17, 15) is 9.59 Å². The number of hydrogen-bond acceptors (Lipinski definition) is 7. The molecule has 0 fully saturated rings. The van der Waals surface area contributed by atoms with Gasteiger partial charge in [-0.2, -0.15) is 5.10 Å². The molecule has 1 aliphatic rings. The summed E-state index contributed by atoms with van der Waals surface area (Å²) in [4.78, 5) is 27.2. The van der Waals surface area contributed by atoms with Gasteiger partial charge in [-0.05, 0) is 37.3 Å². The van der Waals surface area contributed by atoms with Gasteiger partial charge in [0.2, 0.25) is 0 Å². The van der Waals surface area contributed by atoms with Gasteiger partial charge in [0.15, 0.2) is 11.5 Å². The first-order valence-electron chi connectivity index (χ1n) is 12.5. The Hall–Kier alpha value is -5.25. The number of allylic oxidation sites excluding steroid dienone is 1. The van der Waals surface area contributed by atoms with E-state index in [1.807, 2.05) is 42.5 Å². The van der Waals surface area contributed by atoms with Crippen LogP contribution in [0, 0.1) is 0 Å². The van der Waals surface area contributed by atoms with Gasteiger partial charge in [0.05, 0.1) is 38.8 Å². The van der Waals surface area contributed by atoms with E-state index in [2.05, 4.69) is 21.0 Å². The fraction of sp³-hybridized carbons (Fsp3) is 0.167. The van der Waals surface area contributed by atoms with Crippen LogP contribution in [0.15, 0.2) is 90.3 Å². The van der Waals surface area contributed by atoms with Crippen LogP contribution in [0.2, 0.25) is 0 Å². The number of carbonyl (C=O) groups excluding carboxylic acids is 2. The summed E-state index contributed by atoms with van der Waals surface area (Å²) >= 11 is 0. The Morgan fingerprint density at radius 2 is 1.52 bits per heavy atom.